The van der Waals surface area contributed by atoms with Gasteiger partial charge in [0.1, 0.15) is 0 Å². The quantitative estimate of drug-likeness (QED) is 0.624. The van der Waals surface area contributed by atoms with Gasteiger partial charge in [0.2, 0.25) is 0 Å². The zero-order valence-corrected chi connectivity index (χ0v) is 8.17. The van der Waals surface area contributed by atoms with E-state index in [-0.39, 0.29) is 5.60 Å². The van der Waals surface area contributed by atoms with E-state index in [1.54, 1.807) is 0 Å². The van der Waals surface area contributed by atoms with Crippen LogP contribution in [-0.4, -0.2) is 10.7 Å². The molecule has 0 amide bonds. The number of hydrogen-bond acceptors (Lipinski definition) is 1. The van der Waals surface area contributed by atoms with E-state index in [0.717, 1.165) is 6.42 Å². The van der Waals surface area contributed by atoms with Crippen molar-refractivity contribution in [3.8, 4) is 0 Å². The molecule has 0 spiro atoms. The highest BCUT2D eigenvalue weighted by molar-refractivity contribution is 5.19. The van der Waals surface area contributed by atoms with Crippen LogP contribution in [0.4, 0.5) is 0 Å². The highest BCUT2D eigenvalue weighted by atomic mass is 16.3. The fraction of sp³-hybridized carbons (Fsp3) is 0.818. The van der Waals surface area contributed by atoms with Crippen LogP contribution in [0.5, 0.6) is 0 Å². The molecule has 1 nitrogen and oxygen atoms in total. The molecule has 4 unspecified atom stereocenters. The van der Waals surface area contributed by atoms with Crippen LogP contribution >= 0.6 is 0 Å². The van der Waals surface area contributed by atoms with Crippen LogP contribution in [0, 0.1) is 17.8 Å². The maximum atomic E-state index is 9.99. The molecule has 2 saturated carbocycles. The first kappa shape index (κ1) is 8.31. The second-order valence-corrected chi connectivity index (χ2v) is 4.85. The van der Waals surface area contributed by atoms with Crippen LogP contribution in [0.25, 0.3) is 0 Å². The molecule has 4 atom stereocenters. The molecular formula is C11H18O. The first-order valence-corrected chi connectivity index (χ1v) is 4.91. The average molecular weight is 166 g/mol. The van der Waals surface area contributed by atoms with Gasteiger partial charge in [-0.2, -0.15) is 0 Å². The Bertz CT molecular complexity index is 227. The molecule has 0 aromatic rings. The molecule has 0 aromatic carbocycles. The molecule has 0 radical (unpaired) electrons. The molecule has 0 heterocycles. The van der Waals surface area contributed by atoms with E-state index in [9.17, 15) is 5.11 Å². The monoisotopic (exact) mass is 166 g/mol. The number of rotatable bonds is 2. The predicted octanol–water partition coefficient (Wildman–Crippen LogP) is 2.36. The van der Waals surface area contributed by atoms with Gasteiger partial charge in [0.15, 0.2) is 0 Å². The van der Waals surface area contributed by atoms with Gasteiger partial charge in [-0.3, -0.25) is 0 Å². The Morgan fingerprint density at radius 1 is 1.50 bits per heavy atom. The SMILES string of the molecule is CC(C)=CC1CC1C1(O)CC1C. The molecule has 2 aliphatic rings. The summed E-state index contributed by atoms with van der Waals surface area (Å²) in [6.07, 6.45) is 4.56. The molecule has 12 heavy (non-hydrogen) atoms. The number of aliphatic hydroxyl groups is 1. The molecule has 0 aliphatic heterocycles. The van der Waals surface area contributed by atoms with Crippen molar-refractivity contribution < 1.29 is 5.11 Å². The van der Waals surface area contributed by atoms with Crippen molar-refractivity contribution in [2.75, 3.05) is 0 Å². The summed E-state index contributed by atoms with van der Waals surface area (Å²) in [6.45, 7) is 6.42. The van der Waals surface area contributed by atoms with Crippen LogP contribution < -0.4 is 0 Å². The van der Waals surface area contributed by atoms with Gasteiger partial charge in [0, 0.05) is 0 Å². The Morgan fingerprint density at radius 2 is 2.08 bits per heavy atom. The van der Waals surface area contributed by atoms with E-state index in [2.05, 4.69) is 26.8 Å². The number of hydrogen-bond donors (Lipinski definition) is 1. The van der Waals surface area contributed by atoms with Crippen molar-refractivity contribution in [1.82, 2.24) is 0 Å². The smallest absolute Gasteiger partial charge is 0.0711 e. The molecule has 68 valence electrons. The highest BCUT2D eigenvalue weighted by Crippen LogP contribution is 2.61. The third-order valence-corrected chi connectivity index (χ3v) is 3.36. The van der Waals surface area contributed by atoms with Gasteiger partial charge in [0.05, 0.1) is 5.60 Å². The molecule has 0 saturated heterocycles. The van der Waals surface area contributed by atoms with Crippen LogP contribution in [0.2, 0.25) is 0 Å². The van der Waals surface area contributed by atoms with Crippen LogP contribution in [0.1, 0.15) is 33.6 Å². The van der Waals surface area contributed by atoms with Gasteiger partial charge >= 0.3 is 0 Å². The van der Waals surface area contributed by atoms with Crippen molar-refractivity contribution in [1.29, 1.82) is 0 Å². The summed E-state index contributed by atoms with van der Waals surface area (Å²) in [7, 11) is 0. The lowest BCUT2D eigenvalue weighted by Gasteiger charge is -2.06. The summed E-state index contributed by atoms with van der Waals surface area (Å²) in [5, 5.41) is 9.99. The predicted molar refractivity (Wildman–Crippen MR) is 49.8 cm³/mol. The lowest BCUT2D eigenvalue weighted by Crippen LogP contribution is -2.13. The molecule has 1 N–H and O–H groups in total. The number of allylic oxidation sites excluding steroid dienone is 2. The minimum absolute atomic E-state index is 0.267. The average Bonchev–Trinajstić information content (AvgIpc) is 2.75. The minimum Gasteiger partial charge on any atom is -0.389 e. The molecule has 2 rings (SSSR count). The molecule has 2 aliphatic carbocycles. The largest absolute Gasteiger partial charge is 0.389 e. The van der Waals surface area contributed by atoms with Gasteiger partial charge in [-0.05, 0) is 44.4 Å². The van der Waals surface area contributed by atoms with E-state index < -0.39 is 0 Å². The van der Waals surface area contributed by atoms with Crippen molar-refractivity contribution in [3.05, 3.63) is 11.6 Å². The van der Waals surface area contributed by atoms with E-state index in [0.29, 0.717) is 17.8 Å². The molecule has 0 aromatic heterocycles. The molecule has 2 fully saturated rings. The van der Waals surface area contributed by atoms with Gasteiger partial charge in [-0.25, -0.2) is 0 Å². The Labute approximate surface area is 74.5 Å². The van der Waals surface area contributed by atoms with Crippen molar-refractivity contribution in [2.45, 2.75) is 39.2 Å². The lowest BCUT2D eigenvalue weighted by molar-refractivity contribution is 0.106. The Balaban J connectivity index is 1.93. The zero-order valence-electron chi connectivity index (χ0n) is 8.17. The Kier molecular flexibility index (Phi) is 1.63. The fourth-order valence-corrected chi connectivity index (χ4v) is 2.35. The summed E-state index contributed by atoms with van der Waals surface area (Å²) in [5.74, 6) is 1.82. The molecule has 0 bridgehead atoms. The zero-order chi connectivity index (χ0) is 8.93. The minimum atomic E-state index is -0.267. The van der Waals surface area contributed by atoms with E-state index in [4.69, 9.17) is 0 Å². The van der Waals surface area contributed by atoms with Crippen LogP contribution in [-0.2, 0) is 0 Å². The summed E-state index contributed by atoms with van der Waals surface area (Å²) >= 11 is 0. The summed E-state index contributed by atoms with van der Waals surface area (Å²) in [6, 6.07) is 0. The summed E-state index contributed by atoms with van der Waals surface area (Å²) < 4.78 is 0. The lowest BCUT2D eigenvalue weighted by atomic mass is 10.1. The first-order chi connectivity index (χ1) is 5.54. The van der Waals surface area contributed by atoms with Crippen molar-refractivity contribution >= 4 is 0 Å². The van der Waals surface area contributed by atoms with E-state index >= 15 is 0 Å². The maximum absolute atomic E-state index is 9.99. The van der Waals surface area contributed by atoms with E-state index in [1.165, 1.54) is 12.0 Å². The first-order valence-electron chi connectivity index (χ1n) is 4.91. The third-order valence-electron chi connectivity index (χ3n) is 3.36. The Morgan fingerprint density at radius 3 is 2.50 bits per heavy atom. The van der Waals surface area contributed by atoms with Crippen molar-refractivity contribution in [2.24, 2.45) is 17.8 Å². The summed E-state index contributed by atoms with van der Waals surface area (Å²) in [5.41, 5.74) is 1.12. The van der Waals surface area contributed by atoms with Crippen LogP contribution in [0.3, 0.4) is 0 Å². The second kappa shape index (κ2) is 2.35. The maximum Gasteiger partial charge on any atom is 0.0711 e. The third kappa shape index (κ3) is 1.20. The standard InChI is InChI=1S/C11H18O/c1-7(2)4-9-5-10(9)11(12)6-8(11)3/h4,8-10,12H,5-6H2,1-3H3. The highest BCUT2D eigenvalue weighted by Gasteiger charge is 2.62. The molecular weight excluding hydrogens is 148 g/mol. The Hall–Kier alpha value is -0.300. The van der Waals surface area contributed by atoms with Gasteiger partial charge in [-0.1, -0.05) is 18.6 Å². The topological polar surface area (TPSA) is 20.2 Å². The van der Waals surface area contributed by atoms with Gasteiger partial charge < -0.3 is 5.11 Å². The second-order valence-electron chi connectivity index (χ2n) is 4.85. The van der Waals surface area contributed by atoms with Gasteiger partial charge in [-0.15, -0.1) is 0 Å². The summed E-state index contributed by atoms with van der Waals surface area (Å²) in [4.78, 5) is 0. The molecule has 1 heteroatoms. The van der Waals surface area contributed by atoms with Crippen molar-refractivity contribution in [3.63, 3.8) is 0 Å². The fourth-order valence-electron chi connectivity index (χ4n) is 2.35. The van der Waals surface area contributed by atoms with E-state index in [1.807, 2.05) is 0 Å². The van der Waals surface area contributed by atoms with Crippen LogP contribution in [0.15, 0.2) is 11.6 Å². The normalized spacial score (nSPS) is 50.2. The van der Waals surface area contributed by atoms with Gasteiger partial charge in [0.25, 0.3) is 0 Å².